The van der Waals surface area contributed by atoms with Crippen LogP contribution in [-0.4, -0.2) is 33.1 Å². The number of nitrogens with zero attached hydrogens (tertiary/aromatic N) is 4. The largest absolute Gasteiger partial charge is 0.359 e. The quantitative estimate of drug-likeness (QED) is 0.707. The van der Waals surface area contributed by atoms with Crippen LogP contribution < -0.4 is 15.5 Å². The normalized spacial score (nSPS) is 13.1. The van der Waals surface area contributed by atoms with Crippen LogP contribution in [-0.2, 0) is 18.4 Å². The summed E-state index contributed by atoms with van der Waals surface area (Å²) in [5, 5.41) is 10.4. The third-order valence-electron chi connectivity index (χ3n) is 4.35. The Morgan fingerprint density at radius 1 is 1.29 bits per heavy atom. The zero-order valence-corrected chi connectivity index (χ0v) is 15.8. The van der Waals surface area contributed by atoms with E-state index in [1.807, 2.05) is 12.1 Å². The highest BCUT2D eigenvalue weighted by molar-refractivity contribution is 6.30. The van der Waals surface area contributed by atoms with E-state index in [2.05, 4.69) is 20.7 Å². The van der Waals surface area contributed by atoms with Crippen molar-refractivity contribution in [3.05, 3.63) is 65.1 Å². The highest BCUT2D eigenvalue weighted by atomic mass is 35.5. The van der Waals surface area contributed by atoms with E-state index in [4.69, 9.17) is 11.6 Å². The Morgan fingerprint density at radius 3 is 2.79 bits per heavy atom. The van der Waals surface area contributed by atoms with Crippen molar-refractivity contribution in [2.75, 3.05) is 22.1 Å². The maximum absolute atomic E-state index is 12.6. The summed E-state index contributed by atoms with van der Waals surface area (Å²) in [6.07, 6.45) is 4.73. The van der Waals surface area contributed by atoms with Gasteiger partial charge in [-0.3, -0.25) is 14.3 Å². The van der Waals surface area contributed by atoms with Crippen LogP contribution in [0.4, 0.5) is 17.2 Å². The predicted molar refractivity (Wildman–Crippen MR) is 107 cm³/mol. The van der Waals surface area contributed by atoms with Gasteiger partial charge in [0.15, 0.2) is 5.82 Å². The minimum atomic E-state index is -0.326. The molecule has 3 heterocycles. The van der Waals surface area contributed by atoms with Crippen molar-refractivity contribution in [1.82, 2.24) is 14.8 Å². The SMILES string of the molecule is Cn1cc(NC(=O)c2cnc3c(c2)N(Cc2ccc(Cl)cc2)C(=O)CN3)cn1. The Labute approximate surface area is 166 Å². The van der Waals surface area contributed by atoms with Gasteiger partial charge >= 0.3 is 0 Å². The third kappa shape index (κ3) is 3.67. The van der Waals surface area contributed by atoms with Gasteiger partial charge in [-0.25, -0.2) is 4.98 Å². The lowest BCUT2D eigenvalue weighted by atomic mass is 10.1. The monoisotopic (exact) mass is 396 g/mol. The molecular formula is C19H17ClN6O2. The zero-order valence-electron chi connectivity index (χ0n) is 15.0. The maximum Gasteiger partial charge on any atom is 0.257 e. The summed E-state index contributed by atoms with van der Waals surface area (Å²) >= 11 is 5.94. The Morgan fingerprint density at radius 2 is 2.07 bits per heavy atom. The Bertz CT molecular complexity index is 1050. The Kier molecular flexibility index (Phi) is 4.70. The van der Waals surface area contributed by atoms with E-state index in [1.54, 1.807) is 47.2 Å². The molecule has 0 atom stereocenters. The number of aromatic nitrogens is 3. The summed E-state index contributed by atoms with van der Waals surface area (Å²) in [4.78, 5) is 31.0. The van der Waals surface area contributed by atoms with E-state index in [1.165, 1.54) is 6.20 Å². The van der Waals surface area contributed by atoms with E-state index in [-0.39, 0.29) is 18.4 Å². The minimum absolute atomic E-state index is 0.103. The second-order valence-corrected chi connectivity index (χ2v) is 6.84. The fourth-order valence-corrected chi connectivity index (χ4v) is 3.07. The smallest absolute Gasteiger partial charge is 0.257 e. The number of carbonyl (C=O) groups excluding carboxylic acids is 2. The summed E-state index contributed by atoms with van der Waals surface area (Å²) in [6, 6.07) is 8.95. The lowest BCUT2D eigenvalue weighted by molar-refractivity contribution is -0.117. The van der Waals surface area contributed by atoms with Crippen molar-refractivity contribution >= 4 is 40.6 Å². The number of hydrogen-bond donors (Lipinski definition) is 2. The van der Waals surface area contributed by atoms with Gasteiger partial charge in [-0.2, -0.15) is 5.10 Å². The summed E-state index contributed by atoms with van der Waals surface area (Å²) in [5.74, 6) is 0.133. The molecule has 0 unspecified atom stereocenters. The highest BCUT2D eigenvalue weighted by Gasteiger charge is 2.26. The molecule has 1 aromatic carbocycles. The molecule has 0 spiro atoms. The average Bonchev–Trinajstić information content (AvgIpc) is 3.10. The molecule has 2 aromatic heterocycles. The fraction of sp³-hybridized carbons (Fsp3) is 0.158. The average molecular weight is 397 g/mol. The van der Waals surface area contributed by atoms with Gasteiger partial charge in [0.05, 0.1) is 36.2 Å². The van der Waals surface area contributed by atoms with Crippen LogP contribution in [0, 0.1) is 0 Å². The first-order valence-electron chi connectivity index (χ1n) is 8.58. The summed E-state index contributed by atoms with van der Waals surface area (Å²) in [7, 11) is 1.77. The minimum Gasteiger partial charge on any atom is -0.359 e. The molecule has 1 aliphatic rings. The number of fused-ring (bicyclic) bond motifs is 1. The van der Waals surface area contributed by atoms with Crippen LogP contribution in [0.5, 0.6) is 0 Å². The van der Waals surface area contributed by atoms with Crippen molar-refractivity contribution < 1.29 is 9.59 Å². The summed E-state index contributed by atoms with van der Waals surface area (Å²) in [5.41, 5.74) is 2.42. The Balaban J connectivity index is 1.61. The number of halogens is 1. The van der Waals surface area contributed by atoms with Crippen molar-refractivity contribution in [3.8, 4) is 0 Å². The van der Waals surface area contributed by atoms with Gasteiger partial charge in [-0.1, -0.05) is 23.7 Å². The number of pyridine rings is 1. The predicted octanol–water partition coefficient (Wildman–Crippen LogP) is 2.68. The van der Waals surface area contributed by atoms with Crippen molar-refractivity contribution in [2.24, 2.45) is 7.05 Å². The molecule has 2 amide bonds. The van der Waals surface area contributed by atoms with Crippen molar-refractivity contribution in [3.63, 3.8) is 0 Å². The lowest BCUT2D eigenvalue weighted by Gasteiger charge is -2.29. The number of benzene rings is 1. The highest BCUT2D eigenvalue weighted by Crippen LogP contribution is 2.30. The molecular weight excluding hydrogens is 380 g/mol. The summed E-state index contributed by atoms with van der Waals surface area (Å²) in [6.45, 7) is 0.509. The first-order chi connectivity index (χ1) is 13.5. The van der Waals surface area contributed by atoms with Crippen LogP contribution in [0.15, 0.2) is 48.9 Å². The lowest BCUT2D eigenvalue weighted by Crippen LogP contribution is -2.40. The number of rotatable bonds is 4. The zero-order chi connectivity index (χ0) is 19.7. The first kappa shape index (κ1) is 18.0. The molecule has 0 saturated carbocycles. The van der Waals surface area contributed by atoms with E-state index < -0.39 is 0 Å². The number of nitrogens with one attached hydrogen (secondary N) is 2. The molecule has 1 aliphatic heterocycles. The van der Waals surface area contributed by atoms with Gasteiger partial charge in [-0.05, 0) is 23.8 Å². The molecule has 0 aliphatic carbocycles. The molecule has 0 bridgehead atoms. The van der Waals surface area contributed by atoms with Gasteiger partial charge in [0.25, 0.3) is 5.91 Å². The van der Waals surface area contributed by atoms with Crippen LogP contribution in [0.25, 0.3) is 0 Å². The van der Waals surface area contributed by atoms with E-state index >= 15 is 0 Å². The van der Waals surface area contributed by atoms with Gasteiger partial charge < -0.3 is 15.5 Å². The number of anilines is 3. The van der Waals surface area contributed by atoms with Gasteiger partial charge in [0.2, 0.25) is 5.91 Å². The molecule has 28 heavy (non-hydrogen) atoms. The topological polar surface area (TPSA) is 92.2 Å². The first-order valence-corrected chi connectivity index (χ1v) is 8.96. The second kappa shape index (κ2) is 7.32. The molecule has 3 aromatic rings. The fourth-order valence-electron chi connectivity index (χ4n) is 2.94. The number of aryl methyl sites for hydroxylation is 1. The maximum atomic E-state index is 12.6. The molecule has 9 heteroatoms. The number of hydrogen-bond acceptors (Lipinski definition) is 5. The summed E-state index contributed by atoms with van der Waals surface area (Å²) < 4.78 is 1.59. The van der Waals surface area contributed by atoms with Gasteiger partial charge in [-0.15, -0.1) is 0 Å². The van der Waals surface area contributed by atoms with Crippen LogP contribution in [0.1, 0.15) is 15.9 Å². The Hall–Kier alpha value is -3.39. The molecule has 4 rings (SSSR count). The second-order valence-electron chi connectivity index (χ2n) is 6.41. The number of carbonyl (C=O) groups is 2. The number of amides is 2. The molecule has 0 saturated heterocycles. The standard InChI is InChI=1S/C19H17ClN6O2/c1-25-11-15(8-23-25)24-19(28)13-6-16-18(21-7-13)22-9-17(27)26(16)10-12-2-4-14(20)5-3-12/h2-8,11H,9-10H2,1H3,(H,21,22)(H,24,28). The molecule has 2 N–H and O–H groups in total. The molecule has 142 valence electrons. The van der Waals surface area contributed by atoms with Crippen LogP contribution in [0.2, 0.25) is 5.02 Å². The van der Waals surface area contributed by atoms with Gasteiger partial charge in [0.1, 0.15) is 0 Å². The molecule has 8 nitrogen and oxygen atoms in total. The molecule has 0 fully saturated rings. The van der Waals surface area contributed by atoms with E-state index in [0.29, 0.717) is 34.3 Å². The van der Waals surface area contributed by atoms with Gasteiger partial charge in [0, 0.05) is 24.5 Å². The van der Waals surface area contributed by atoms with Crippen LogP contribution in [0.3, 0.4) is 0 Å². The van der Waals surface area contributed by atoms with E-state index in [0.717, 1.165) is 5.56 Å². The van der Waals surface area contributed by atoms with Crippen molar-refractivity contribution in [2.45, 2.75) is 6.54 Å². The molecule has 0 radical (unpaired) electrons. The third-order valence-corrected chi connectivity index (χ3v) is 4.60. The van der Waals surface area contributed by atoms with Crippen LogP contribution >= 0.6 is 11.6 Å². The van der Waals surface area contributed by atoms with E-state index in [9.17, 15) is 9.59 Å². The van der Waals surface area contributed by atoms with Crippen molar-refractivity contribution in [1.29, 1.82) is 0 Å².